The number of ether oxygens (including phenoxy) is 1. The van der Waals surface area contributed by atoms with Crippen LogP contribution in [0.3, 0.4) is 0 Å². The quantitative estimate of drug-likeness (QED) is 0.502. The highest BCUT2D eigenvalue weighted by molar-refractivity contribution is 6.06. The van der Waals surface area contributed by atoms with Crippen LogP contribution in [0.4, 0.5) is 0 Å². The molecule has 134 valence electrons. The fourth-order valence-electron chi connectivity index (χ4n) is 3.13. The molecule has 4 rings (SSSR count). The van der Waals surface area contributed by atoms with Gasteiger partial charge in [-0.2, -0.15) is 5.10 Å². The monoisotopic (exact) mass is 357 g/mol. The SMILES string of the molecule is CCOC(=O)c1cnc2c(cnn2-c2ccccc2)c1-c1ccc(C)cc1. The summed E-state index contributed by atoms with van der Waals surface area (Å²) < 4.78 is 7.03. The Morgan fingerprint density at radius 2 is 1.78 bits per heavy atom. The van der Waals surface area contributed by atoms with Crippen LogP contribution in [0.25, 0.3) is 27.8 Å². The number of carbonyl (C=O) groups excluding carboxylic acids is 1. The number of nitrogens with zero attached hydrogens (tertiary/aromatic N) is 3. The minimum absolute atomic E-state index is 0.313. The molecule has 5 heteroatoms. The van der Waals surface area contributed by atoms with Crippen LogP contribution in [-0.4, -0.2) is 27.3 Å². The lowest BCUT2D eigenvalue weighted by molar-refractivity contribution is 0.0527. The summed E-state index contributed by atoms with van der Waals surface area (Å²) in [6.45, 7) is 4.14. The van der Waals surface area contributed by atoms with Crippen LogP contribution in [-0.2, 0) is 4.74 Å². The molecule has 0 aliphatic heterocycles. The summed E-state index contributed by atoms with van der Waals surface area (Å²) in [6.07, 6.45) is 3.34. The number of fused-ring (bicyclic) bond motifs is 1. The van der Waals surface area contributed by atoms with Crippen LogP contribution in [0.2, 0.25) is 0 Å². The van der Waals surface area contributed by atoms with Crippen molar-refractivity contribution in [3.63, 3.8) is 0 Å². The molecule has 0 saturated carbocycles. The zero-order chi connectivity index (χ0) is 18.8. The minimum atomic E-state index is -0.380. The molecule has 0 atom stereocenters. The number of para-hydroxylation sites is 1. The maximum absolute atomic E-state index is 12.5. The third-order valence-corrected chi connectivity index (χ3v) is 4.43. The zero-order valence-electron chi connectivity index (χ0n) is 15.2. The van der Waals surface area contributed by atoms with Crippen molar-refractivity contribution in [1.82, 2.24) is 14.8 Å². The molecule has 5 nitrogen and oxygen atoms in total. The van der Waals surface area contributed by atoms with Gasteiger partial charge < -0.3 is 4.74 Å². The first kappa shape index (κ1) is 17.0. The highest BCUT2D eigenvalue weighted by atomic mass is 16.5. The topological polar surface area (TPSA) is 57.0 Å². The van der Waals surface area contributed by atoms with Crippen molar-refractivity contribution in [1.29, 1.82) is 0 Å². The Bertz CT molecular complexity index is 1100. The molecule has 0 aliphatic rings. The van der Waals surface area contributed by atoms with Gasteiger partial charge in [0.1, 0.15) is 0 Å². The van der Waals surface area contributed by atoms with Crippen molar-refractivity contribution in [3.8, 4) is 16.8 Å². The molecule has 0 unspecified atom stereocenters. The van der Waals surface area contributed by atoms with E-state index < -0.39 is 0 Å². The maximum Gasteiger partial charge on any atom is 0.340 e. The maximum atomic E-state index is 12.5. The number of esters is 1. The van der Waals surface area contributed by atoms with Gasteiger partial charge in [-0.3, -0.25) is 0 Å². The second-order valence-electron chi connectivity index (χ2n) is 6.26. The molecule has 0 aliphatic carbocycles. The predicted molar refractivity (Wildman–Crippen MR) is 105 cm³/mol. The van der Waals surface area contributed by atoms with E-state index in [1.165, 1.54) is 0 Å². The number of hydrogen-bond acceptors (Lipinski definition) is 4. The highest BCUT2D eigenvalue weighted by Gasteiger charge is 2.20. The molecule has 0 radical (unpaired) electrons. The van der Waals surface area contributed by atoms with Gasteiger partial charge in [0, 0.05) is 17.1 Å². The predicted octanol–water partition coefficient (Wildman–Crippen LogP) is 4.57. The number of pyridine rings is 1. The first-order valence-corrected chi connectivity index (χ1v) is 8.85. The summed E-state index contributed by atoms with van der Waals surface area (Å²) >= 11 is 0. The molecule has 0 bridgehead atoms. The molecule has 0 saturated heterocycles. The molecule has 2 aromatic heterocycles. The molecular weight excluding hydrogens is 338 g/mol. The summed E-state index contributed by atoms with van der Waals surface area (Å²) in [6, 6.07) is 17.9. The van der Waals surface area contributed by atoms with E-state index in [4.69, 9.17) is 4.74 Å². The van der Waals surface area contributed by atoms with Crippen LogP contribution in [0.15, 0.2) is 67.0 Å². The van der Waals surface area contributed by atoms with Gasteiger partial charge in [0.05, 0.1) is 24.1 Å². The summed E-state index contributed by atoms with van der Waals surface area (Å²) in [5.74, 6) is -0.380. The second-order valence-corrected chi connectivity index (χ2v) is 6.26. The van der Waals surface area contributed by atoms with Gasteiger partial charge in [0.25, 0.3) is 0 Å². The third-order valence-electron chi connectivity index (χ3n) is 4.43. The van der Waals surface area contributed by atoms with E-state index in [0.717, 1.165) is 27.8 Å². The van der Waals surface area contributed by atoms with Crippen LogP contribution < -0.4 is 0 Å². The van der Waals surface area contributed by atoms with Crippen molar-refractivity contribution >= 4 is 17.0 Å². The first-order valence-electron chi connectivity index (χ1n) is 8.85. The lowest BCUT2D eigenvalue weighted by atomic mass is 9.98. The van der Waals surface area contributed by atoms with Gasteiger partial charge in [-0.15, -0.1) is 0 Å². The van der Waals surface area contributed by atoms with Crippen molar-refractivity contribution < 1.29 is 9.53 Å². The summed E-state index contributed by atoms with van der Waals surface area (Å²) in [5.41, 5.74) is 4.94. The van der Waals surface area contributed by atoms with Crippen LogP contribution >= 0.6 is 0 Å². The van der Waals surface area contributed by atoms with Crippen LogP contribution in [0.5, 0.6) is 0 Å². The zero-order valence-corrected chi connectivity index (χ0v) is 15.2. The minimum Gasteiger partial charge on any atom is -0.462 e. The Labute approximate surface area is 157 Å². The fraction of sp³-hybridized carbons (Fsp3) is 0.136. The Morgan fingerprint density at radius 1 is 1.04 bits per heavy atom. The van der Waals surface area contributed by atoms with Crippen molar-refractivity contribution in [2.45, 2.75) is 13.8 Å². The average Bonchev–Trinajstić information content (AvgIpc) is 3.13. The van der Waals surface area contributed by atoms with Gasteiger partial charge in [0.2, 0.25) is 0 Å². The smallest absolute Gasteiger partial charge is 0.340 e. The van der Waals surface area contributed by atoms with E-state index >= 15 is 0 Å². The molecule has 2 aromatic carbocycles. The van der Waals surface area contributed by atoms with Gasteiger partial charge >= 0.3 is 5.97 Å². The van der Waals surface area contributed by atoms with Gasteiger partial charge in [0.15, 0.2) is 5.65 Å². The molecular formula is C22H19N3O2. The Hall–Kier alpha value is -3.47. The van der Waals surface area contributed by atoms with Crippen LogP contribution in [0, 0.1) is 6.92 Å². The second kappa shape index (κ2) is 7.03. The summed E-state index contributed by atoms with van der Waals surface area (Å²) in [5, 5.41) is 5.33. The molecule has 0 fully saturated rings. The largest absolute Gasteiger partial charge is 0.462 e. The Morgan fingerprint density at radius 3 is 2.48 bits per heavy atom. The van der Waals surface area contributed by atoms with E-state index in [1.807, 2.05) is 61.5 Å². The van der Waals surface area contributed by atoms with Gasteiger partial charge in [-0.1, -0.05) is 48.0 Å². The van der Waals surface area contributed by atoms with E-state index in [2.05, 4.69) is 10.1 Å². The molecule has 4 aromatic rings. The number of aryl methyl sites for hydroxylation is 1. The van der Waals surface area contributed by atoms with Gasteiger partial charge in [-0.05, 0) is 31.5 Å². The Kier molecular flexibility index (Phi) is 4.42. The molecule has 2 heterocycles. The standard InChI is InChI=1S/C22H19N3O2/c1-3-27-22(26)19-13-23-21-18(20(19)16-11-9-15(2)10-12-16)14-24-25(21)17-7-5-4-6-8-17/h4-14H,3H2,1-2H3. The number of carbonyl (C=O) groups is 1. The first-order chi connectivity index (χ1) is 13.2. The van der Waals surface area contributed by atoms with Crippen LogP contribution in [0.1, 0.15) is 22.8 Å². The van der Waals surface area contributed by atoms with E-state index in [1.54, 1.807) is 24.0 Å². The molecule has 0 spiro atoms. The van der Waals surface area contributed by atoms with Gasteiger partial charge in [-0.25, -0.2) is 14.5 Å². The Balaban J connectivity index is 1.98. The fourth-order valence-corrected chi connectivity index (χ4v) is 3.13. The number of benzene rings is 2. The van der Waals surface area contributed by atoms with E-state index in [0.29, 0.717) is 17.8 Å². The number of aromatic nitrogens is 3. The lowest BCUT2D eigenvalue weighted by Crippen LogP contribution is -2.08. The lowest BCUT2D eigenvalue weighted by Gasteiger charge is -2.11. The number of rotatable bonds is 4. The summed E-state index contributed by atoms with van der Waals surface area (Å²) in [7, 11) is 0. The van der Waals surface area contributed by atoms with Crippen molar-refractivity contribution in [2.24, 2.45) is 0 Å². The van der Waals surface area contributed by atoms with Crippen molar-refractivity contribution in [3.05, 3.63) is 78.1 Å². The normalized spacial score (nSPS) is 10.9. The van der Waals surface area contributed by atoms with E-state index in [-0.39, 0.29) is 5.97 Å². The summed E-state index contributed by atoms with van der Waals surface area (Å²) in [4.78, 5) is 17.1. The van der Waals surface area contributed by atoms with Crippen molar-refractivity contribution in [2.75, 3.05) is 6.61 Å². The third kappa shape index (κ3) is 3.08. The highest BCUT2D eigenvalue weighted by Crippen LogP contribution is 2.32. The molecule has 27 heavy (non-hydrogen) atoms. The average molecular weight is 357 g/mol. The molecule has 0 amide bonds. The number of hydrogen-bond donors (Lipinski definition) is 0. The van der Waals surface area contributed by atoms with E-state index in [9.17, 15) is 4.79 Å². The molecule has 0 N–H and O–H groups in total.